The molecule has 0 radical (unpaired) electrons. The average Bonchev–Trinajstić information content (AvgIpc) is 2.94. The fourth-order valence-corrected chi connectivity index (χ4v) is 4.77. The summed E-state index contributed by atoms with van der Waals surface area (Å²) in [6, 6.07) is 21.2. The lowest BCUT2D eigenvalue weighted by atomic mass is 10.0. The van der Waals surface area contributed by atoms with Gasteiger partial charge >= 0.3 is 5.97 Å². The molecule has 0 unspecified atom stereocenters. The van der Waals surface area contributed by atoms with Crippen molar-refractivity contribution >= 4 is 17.6 Å². The van der Waals surface area contributed by atoms with E-state index in [-0.39, 0.29) is 0 Å². The van der Waals surface area contributed by atoms with Crippen LogP contribution in [0.3, 0.4) is 0 Å². The zero-order valence-electron chi connectivity index (χ0n) is 23.1. The van der Waals surface area contributed by atoms with Gasteiger partial charge in [0, 0.05) is 5.02 Å². The van der Waals surface area contributed by atoms with E-state index >= 15 is 0 Å². The van der Waals surface area contributed by atoms with E-state index in [1.165, 1.54) is 57.8 Å². The molecule has 3 aromatic carbocycles. The molecule has 0 aromatic heterocycles. The Balaban J connectivity index is 1.46. The quantitative estimate of drug-likeness (QED) is 0.0981. The van der Waals surface area contributed by atoms with Gasteiger partial charge in [-0.2, -0.15) is 0 Å². The van der Waals surface area contributed by atoms with Crippen molar-refractivity contribution in [1.82, 2.24) is 0 Å². The van der Waals surface area contributed by atoms with Crippen LogP contribution in [0.5, 0.6) is 11.5 Å². The number of hydrogen-bond donors (Lipinski definition) is 0. The summed E-state index contributed by atoms with van der Waals surface area (Å²) in [5, 5.41) is 0.632. The van der Waals surface area contributed by atoms with E-state index in [0.29, 0.717) is 16.3 Å². The van der Waals surface area contributed by atoms with Crippen LogP contribution in [0.2, 0.25) is 5.02 Å². The fraction of sp³-hybridized carbons (Fsp3) is 0.441. The molecular weight excluding hydrogens is 492 g/mol. The Morgan fingerprint density at radius 3 is 1.82 bits per heavy atom. The molecule has 4 heteroatoms. The predicted molar refractivity (Wildman–Crippen MR) is 160 cm³/mol. The molecule has 0 spiro atoms. The molecule has 0 atom stereocenters. The van der Waals surface area contributed by atoms with Gasteiger partial charge in [-0.1, -0.05) is 114 Å². The molecule has 3 aromatic rings. The average molecular weight is 535 g/mol. The van der Waals surface area contributed by atoms with E-state index in [1.807, 2.05) is 48.5 Å². The maximum Gasteiger partial charge on any atom is 0.343 e. The molecular formula is C34H43ClO3. The Morgan fingerprint density at radius 1 is 0.658 bits per heavy atom. The van der Waals surface area contributed by atoms with Crippen LogP contribution in [0, 0.1) is 0 Å². The SMILES string of the molecule is CCCCCCCCc1ccc(C(=O)Oc2ccc(-c3ccc(OCCCCCCC)cc3)cc2)cc1Cl. The van der Waals surface area contributed by atoms with Gasteiger partial charge in [-0.05, 0) is 72.4 Å². The van der Waals surface area contributed by atoms with Crippen LogP contribution in [0.15, 0.2) is 66.7 Å². The highest BCUT2D eigenvalue weighted by molar-refractivity contribution is 6.31. The van der Waals surface area contributed by atoms with Crippen LogP contribution in [-0.2, 0) is 6.42 Å². The lowest BCUT2D eigenvalue weighted by Crippen LogP contribution is -2.08. The minimum Gasteiger partial charge on any atom is -0.494 e. The number of halogens is 1. The molecule has 0 fully saturated rings. The summed E-state index contributed by atoms with van der Waals surface area (Å²) < 4.78 is 11.5. The summed E-state index contributed by atoms with van der Waals surface area (Å²) in [6.07, 6.45) is 14.6. The van der Waals surface area contributed by atoms with Crippen LogP contribution in [0.1, 0.15) is 100 Å². The lowest BCUT2D eigenvalue weighted by Gasteiger charge is -2.09. The Bertz CT molecular complexity index is 1090. The van der Waals surface area contributed by atoms with Gasteiger partial charge in [0.15, 0.2) is 0 Å². The van der Waals surface area contributed by atoms with Gasteiger partial charge in [0.2, 0.25) is 0 Å². The molecule has 0 saturated heterocycles. The Labute approximate surface area is 234 Å². The third-order valence-corrected chi connectivity index (χ3v) is 7.21. The first-order valence-electron chi connectivity index (χ1n) is 14.4. The summed E-state index contributed by atoms with van der Waals surface area (Å²) >= 11 is 6.48. The van der Waals surface area contributed by atoms with E-state index in [2.05, 4.69) is 26.0 Å². The number of unbranched alkanes of at least 4 members (excludes halogenated alkanes) is 9. The number of aryl methyl sites for hydroxylation is 1. The van der Waals surface area contributed by atoms with Gasteiger partial charge in [0.25, 0.3) is 0 Å². The second kappa shape index (κ2) is 16.9. The largest absolute Gasteiger partial charge is 0.494 e. The van der Waals surface area contributed by atoms with E-state index in [9.17, 15) is 4.79 Å². The zero-order chi connectivity index (χ0) is 27.0. The summed E-state index contributed by atoms with van der Waals surface area (Å²) in [6.45, 7) is 5.22. The second-order valence-electron chi connectivity index (χ2n) is 10.0. The van der Waals surface area contributed by atoms with Crippen molar-refractivity contribution in [1.29, 1.82) is 0 Å². The van der Waals surface area contributed by atoms with E-state index in [1.54, 1.807) is 6.07 Å². The summed E-state index contributed by atoms with van der Waals surface area (Å²) in [7, 11) is 0. The molecule has 0 aliphatic rings. The number of carbonyl (C=O) groups is 1. The molecule has 3 rings (SSSR count). The maximum atomic E-state index is 12.7. The van der Waals surface area contributed by atoms with Crippen LogP contribution in [0.4, 0.5) is 0 Å². The van der Waals surface area contributed by atoms with Crippen LogP contribution in [0.25, 0.3) is 11.1 Å². The van der Waals surface area contributed by atoms with E-state index in [0.717, 1.165) is 48.3 Å². The topological polar surface area (TPSA) is 35.5 Å². The van der Waals surface area contributed by atoms with E-state index < -0.39 is 5.97 Å². The number of rotatable bonds is 17. The standard InChI is InChI=1S/C34H43ClO3/c1-3-5-7-9-10-12-14-29-15-16-30(26-33(29)35)34(36)38-32-23-19-28(20-24-32)27-17-21-31(22-18-27)37-25-13-11-8-6-4-2/h15-24,26H,3-14,25H2,1-2H3. The Morgan fingerprint density at radius 2 is 1.21 bits per heavy atom. The molecule has 38 heavy (non-hydrogen) atoms. The van der Waals surface area contributed by atoms with E-state index in [4.69, 9.17) is 21.1 Å². The summed E-state index contributed by atoms with van der Waals surface area (Å²) in [4.78, 5) is 12.7. The molecule has 0 saturated carbocycles. The number of esters is 1. The van der Waals surface area contributed by atoms with Gasteiger partial charge in [-0.15, -0.1) is 0 Å². The first-order valence-corrected chi connectivity index (χ1v) is 14.8. The molecule has 0 amide bonds. The number of carbonyl (C=O) groups excluding carboxylic acids is 1. The van der Waals surface area contributed by atoms with Crippen molar-refractivity contribution in [3.63, 3.8) is 0 Å². The van der Waals surface area contributed by atoms with Crippen molar-refractivity contribution in [2.45, 2.75) is 90.9 Å². The molecule has 0 aliphatic carbocycles. The highest BCUT2D eigenvalue weighted by Crippen LogP contribution is 2.26. The number of hydrogen-bond acceptors (Lipinski definition) is 3. The minimum absolute atomic E-state index is 0.401. The van der Waals surface area contributed by atoms with Gasteiger partial charge in [-0.3, -0.25) is 0 Å². The number of ether oxygens (including phenoxy) is 2. The van der Waals surface area contributed by atoms with Crippen molar-refractivity contribution in [2.24, 2.45) is 0 Å². The number of benzene rings is 3. The van der Waals surface area contributed by atoms with Crippen LogP contribution < -0.4 is 9.47 Å². The monoisotopic (exact) mass is 534 g/mol. The Hall–Kier alpha value is -2.78. The fourth-order valence-electron chi connectivity index (χ4n) is 4.49. The van der Waals surface area contributed by atoms with Crippen molar-refractivity contribution in [3.8, 4) is 22.6 Å². The van der Waals surface area contributed by atoms with Crippen molar-refractivity contribution in [2.75, 3.05) is 6.61 Å². The van der Waals surface area contributed by atoms with Gasteiger partial charge in [0.1, 0.15) is 11.5 Å². The van der Waals surface area contributed by atoms with Gasteiger partial charge in [0.05, 0.1) is 12.2 Å². The van der Waals surface area contributed by atoms with Crippen LogP contribution >= 0.6 is 11.6 Å². The normalized spacial score (nSPS) is 10.9. The summed E-state index contributed by atoms with van der Waals surface area (Å²) in [5.41, 5.74) is 3.70. The third-order valence-electron chi connectivity index (χ3n) is 6.86. The van der Waals surface area contributed by atoms with Gasteiger partial charge < -0.3 is 9.47 Å². The lowest BCUT2D eigenvalue weighted by molar-refractivity contribution is 0.0734. The molecule has 3 nitrogen and oxygen atoms in total. The molecule has 0 bridgehead atoms. The first kappa shape index (κ1) is 29.8. The first-order chi connectivity index (χ1) is 18.6. The van der Waals surface area contributed by atoms with Crippen LogP contribution in [-0.4, -0.2) is 12.6 Å². The zero-order valence-corrected chi connectivity index (χ0v) is 23.9. The molecule has 0 N–H and O–H groups in total. The van der Waals surface area contributed by atoms with Gasteiger partial charge in [-0.25, -0.2) is 4.79 Å². The predicted octanol–water partition coefficient (Wildman–Crippen LogP) is 10.5. The highest BCUT2D eigenvalue weighted by Gasteiger charge is 2.12. The van der Waals surface area contributed by atoms with Crippen molar-refractivity contribution in [3.05, 3.63) is 82.9 Å². The molecule has 204 valence electrons. The smallest absolute Gasteiger partial charge is 0.343 e. The third kappa shape index (κ3) is 10.2. The highest BCUT2D eigenvalue weighted by atomic mass is 35.5. The van der Waals surface area contributed by atoms with Crippen molar-refractivity contribution < 1.29 is 14.3 Å². The maximum absolute atomic E-state index is 12.7. The molecule has 0 aliphatic heterocycles. The Kier molecular flexibility index (Phi) is 13.3. The second-order valence-corrected chi connectivity index (χ2v) is 10.4. The minimum atomic E-state index is -0.401. The summed E-state index contributed by atoms with van der Waals surface area (Å²) in [5.74, 6) is 1.00. The molecule has 0 heterocycles.